The molecule has 0 saturated heterocycles. The van der Waals surface area contributed by atoms with E-state index < -0.39 is 28.5 Å². The second-order valence-electron chi connectivity index (χ2n) is 12.1. The number of nitrogens with one attached hydrogen (secondary N) is 1. The van der Waals surface area contributed by atoms with Crippen molar-refractivity contribution >= 4 is 27.5 Å². The van der Waals surface area contributed by atoms with Crippen LogP contribution in [-0.4, -0.2) is 50.9 Å². The summed E-state index contributed by atoms with van der Waals surface area (Å²) in [7, 11) is -4.20. The van der Waals surface area contributed by atoms with Crippen molar-refractivity contribution < 1.29 is 22.7 Å². The Morgan fingerprint density at radius 3 is 2.09 bits per heavy atom. The summed E-state index contributed by atoms with van der Waals surface area (Å²) in [5.74, 6) is -0.0412. The number of amides is 2. The van der Waals surface area contributed by atoms with E-state index in [-0.39, 0.29) is 29.7 Å². The predicted octanol–water partition coefficient (Wildman–Crippen LogP) is 6.31. The predicted molar refractivity (Wildman–Crippen MR) is 187 cm³/mol. The number of hydrogen-bond donors (Lipinski definition) is 1. The van der Waals surface area contributed by atoms with Gasteiger partial charge in [-0.3, -0.25) is 13.9 Å². The molecule has 0 fully saturated rings. The van der Waals surface area contributed by atoms with Crippen molar-refractivity contribution in [3.05, 3.63) is 125 Å². The van der Waals surface area contributed by atoms with E-state index in [0.717, 1.165) is 26.6 Å². The summed E-state index contributed by atoms with van der Waals surface area (Å²) in [6, 6.07) is 29.6. The number of carbonyl (C=O) groups excluding carboxylic acids is 2. The highest BCUT2D eigenvalue weighted by atomic mass is 32.2. The number of hydrogen-bond acceptors (Lipinski definition) is 5. The average molecular weight is 656 g/mol. The van der Waals surface area contributed by atoms with Crippen LogP contribution in [0.5, 0.6) is 5.75 Å². The van der Waals surface area contributed by atoms with Crippen LogP contribution >= 0.6 is 0 Å². The van der Waals surface area contributed by atoms with E-state index in [2.05, 4.69) is 5.32 Å². The first-order chi connectivity index (χ1) is 22.5. The normalized spacial score (nSPS) is 12.0. The number of ether oxygens (including phenoxy) is 1. The highest BCUT2D eigenvalue weighted by Crippen LogP contribution is 2.27. The van der Waals surface area contributed by atoms with Crippen LogP contribution in [0, 0.1) is 19.8 Å². The van der Waals surface area contributed by atoms with E-state index in [1.165, 1.54) is 17.0 Å². The van der Waals surface area contributed by atoms with Gasteiger partial charge in [0.05, 0.1) is 17.2 Å². The lowest BCUT2D eigenvalue weighted by Gasteiger charge is -2.34. The molecule has 0 saturated carbocycles. The van der Waals surface area contributed by atoms with E-state index in [0.29, 0.717) is 24.6 Å². The summed E-state index contributed by atoms with van der Waals surface area (Å²) in [5, 5.41) is 3.02. The topological polar surface area (TPSA) is 96.0 Å². The molecule has 47 heavy (non-hydrogen) atoms. The van der Waals surface area contributed by atoms with Crippen LogP contribution in [0.1, 0.15) is 43.0 Å². The minimum absolute atomic E-state index is 0.0232. The summed E-state index contributed by atoms with van der Waals surface area (Å²) in [6.07, 6.45) is 0.262. The van der Waals surface area contributed by atoms with E-state index in [1.807, 2.05) is 101 Å². The molecule has 248 valence electrons. The van der Waals surface area contributed by atoms with Crippen molar-refractivity contribution in [2.75, 3.05) is 24.0 Å². The fourth-order valence-electron chi connectivity index (χ4n) is 5.23. The molecule has 1 N–H and O–H groups in total. The van der Waals surface area contributed by atoms with Crippen LogP contribution < -0.4 is 14.4 Å². The van der Waals surface area contributed by atoms with Crippen molar-refractivity contribution in [1.29, 1.82) is 0 Å². The van der Waals surface area contributed by atoms with Crippen molar-refractivity contribution in [2.45, 2.75) is 58.5 Å². The Balaban J connectivity index is 1.79. The first-order valence-electron chi connectivity index (χ1n) is 16.0. The summed E-state index contributed by atoms with van der Waals surface area (Å²) in [6.45, 7) is 10.3. The minimum atomic E-state index is -4.20. The molecule has 0 aromatic heterocycles. The zero-order valence-corrected chi connectivity index (χ0v) is 28.7. The lowest BCUT2D eigenvalue weighted by Crippen LogP contribution is -2.53. The van der Waals surface area contributed by atoms with Crippen LogP contribution in [0.3, 0.4) is 0 Å². The number of carbonyl (C=O) groups is 2. The molecule has 8 nitrogen and oxygen atoms in total. The van der Waals surface area contributed by atoms with E-state index in [4.69, 9.17) is 4.74 Å². The van der Waals surface area contributed by atoms with Crippen molar-refractivity contribution in [2.24, 2.45) is 5.92 Å². The molecule has 0 heterocycles. The molecule has 0 spiro atoms. The Kier molecular flexibility index (Phi) is 12.2. The van der Waals surface area contributed by atoms with E-state index >= 15 is 0 Å². The molecule has 2 amide bonds. The second-order valence-corrected chi connectivity index (χ2v) is 14.0. The third-order valence-corrected chi connectivity index (χ3v) is 9.50. The highest BCUT2D eigenvalue weighted by molar-refractivity contribution is 7.92. The molecular formula is C38H45N3O5S. The molecule has 4 rings (SSSR count). The molecule has 1 atom stereocenters. The van der Waals surface area contributed by atoms with Gasteiger partial charge in [0.25, 0.3) is 10.0 Å². The minimum Gasteiger partial charge on any atom is -0.494 e. The smallest absolute Gasteiger partial charge is 0.264 e. The Morgan fingerprint density at radius 1 is 0.809 bits per heavy atom. The maximum Gasteiger partial charge on any atom is 0.264 e. The summed E-state index contributed by atoms with van der Waals surface area (Å²) < 4.78 is 35.2. The Bertz CT molecular complexity index is 1720. The third-order valence-electron chi connectivity index (χ3n) is 7.71. The number of benzene rings is 4. The van der Waals surface area contributed by atoms with Crippen LogP contribution in [0.25, 0.3) is 0 Å². The highest BCUT2D eigenvalue weighted by Gasteiger charge is 2.34. The monoisotopic (exact) mass is 655 g/mol. The van der Waals surface area contributed by atoms with Gasteiger partial charge < -0.3 is 15.0 Å². The molecular weight excluding hydrogens is 611 g/mol. The molecule has 4 aromatic rings. The van der Waals surface area contributed by atoms with Gasteiger partial charge in [0.1, 0.15) is 18.3 Å². The van der Waals surface area contributed by atoms with Gasteiger partial charge in [-0.15, -0.1) is 0 Å². The maximum absolute atomic E-state index is 14.6. The lowest BCUT2D eigenvalue weighted by molar-refractivity contribution is -0.140. The summed E-state index contributed by atoms with van der Waals surface area (Å²) in [5.41, 5.74) is 4.03. The zero-order valence-electron chi connectivity index (χ0n) is 27.8. The fraction of sp³-hybridized carbons (Fsp3) is 0.316. The fourth-order valence-corrected chi connectivity index (χ4v) is 6.64. The molecule has 0 unspecified atom stereocenters. The Labute approximate surface area is 279 Å². The standard InChI is InChI=1S/C38H45N3O5S/c1-6-46-34-19-21-35(22-20-34)47(44,45)41(33-17-15-29(4)16-18-33)27-37(42)40(26-32-14-10-11-30(5)23-32)36(38(43)39-25-28(2)3)24-31-12-8-7-9-13-31/h7-23,28,36H,6,24-27H2,1-5H3,(H,39,43)/t36-/m1/s1. The van der Waals surface area contributed by atoms with Gasteiger partial charge in [-0.1, -0.05) is 91.7 Å². The number of anilines is 1. The van der Waals surface area contributed by atoms with Crippen molar-refractivity contribution in [1.82, 2.24) is 10.2 Å². The van der Waals surface area contributed by atoms with Gasteiger partial charge >= 0.3 is 0 Å². The van der Waals surface area contributed by atoms with Crippen molar-refractivity contribution in [3.8, 4) is 5.75 Å². The first-order valence-corrected chi connectivity index (χ1v) is 17.4. The van der Waals surface area contributed by atoms with Crippen LogP contribution in [0.2, 0.25) is 0 Å². The number of aryl methyl sites for hydroxylation is 2. The molecule has 0 aliphatic carbocycles. The van der Waals surface area contributed by atoms with Crippen LogP contribution in [0.15, 0.2) is 108 Å². The number of sulfonamides is 1. The van der Waals surface area contributed by atoms with E-state index in [1.54, 1.807) is 24.3 Å². The van der Waals surface area contributed by atoms with Gasteiger partial charge in [0.15, 0.2) is 0 Å². The SMILES string of the molecule is CCOc1ccc(S(=O)(=O)N(CC(=O)N(Cc2cccc(C)c2)[C@H](Cc2ccccc2)C(=O)NCC(C)C)c2ccc(C)cc2)cc1. The third kappa shape index (κ3) is 9.68. The van der Waals surface area contributed by atoms with Crippen molar-refractivity contribution in [3.63, 3.8) is 0 Å². The lowest BCUT2D eigenvalue weighted by atomic mass is 10.0. The molecule has 9 heteroatoms. The molecule has 0 aliphatic heterocycles. The van der Waals surface area contributed by atoms with Crippen LogP contribution in [-0.2, 0) is 32.6 Å². The Hall–Kier alpha value is -4.63. The Morgan fingerprint density at radius 2 is 1.47 bits per heavy atom. The summed E-state index contributed by atoms with van der Waals surface area (Å²) in [4.78, 5) is 30.0. The molecule has 0 bridgehead atoms. The molecule has 0 aliphatic rings. The van der Waals surface area contributed by atoms with Gasteiger partial charge in [-0.05, 0) is 74.2 Å². The molecule has 4 aromatic carbocycles. The van der Waals surface area contributed by atoms with Gasteiger partial charge in [0, 0.05) is 19.5 Å². The van der Waals surface area contributed by atoms with E-state index in [9.17, 15) is 18.0 Å². The largest absolute Gasteiger partial charge is 0.494 e. The second kappa shape index (κ2) is 16.3. The van der Waals surface area contributed by atoms with Crippen LogP contribution in [0.4, 0.5) is 5.69 Å². The first kappa shape index (κ1) is 35.2. The quantitative estimate of drug-likeness (QED) is 0.162. The van der Waals surface area contributed by atoms with Gasteiger partial charge in [0.2, 0.25) is 11.8 Å². The summed E-state index contributed by atoms with van der Waals surface area (Å²) >= 11 is 0. The maximum atomic E-state index is 14.6. The van der Waals surface area contributed by atoms with Gasteiger partial charge in [-0.2, -0.15) is 0 Å². The average Bonchev–Trinajstić information content (AvgIpc) is 3.05. The zero-order chi connectivity index (χ0) is 34.0. The van der Waals surface area contributed by atoms with Gasteiger partial charge in [-0.25, -0.2) is 8.42 Å². The number of rotatable bonds is 15. The molecule has 0 radical (unpaired) electrons. The number of nitrogens with zero attached hydrogens (tertiary/aromatic N) is 2.